The van der Waals surface area contributed by atoms with Crippen molar-refractivity contribution in [3.63, 3.8) is 0 Å². The molecule has 1 fully saturated rings. The second kappa shape index (κ2) is 9.42. The summed E-state index contributed by atoms with van der Waals surface area (Å²) in [5.41, 5.74) is 2.20. The van der Waals surface area contributed by atoms with E-state index >= 15 is 0 Å². The van der Waals surface area contributed by atoms with Crippen LogP contribution in [0.4, 0.5) is 10.6 Å². The third kappa shape index (κ3) is 4.51. The van der Waals surface area contributed by atoms with Gasteiger partial charge in [-0.05, 0) is 38.7 Å². The maximum Gasteiger partial charge on any atom is 0.318 e. The Labute approximate surface area is 209 Å². The highest BCUT2D eigenvalue weighted by Crippen LogP contribution is 2.56. The molecule has 1 aromatic heterocycles. The van der Waals surface area contributed by atoms with Crippen LogP contribution in [0.15, 0.2) is 30.3 Å². The first-order chi connectivity index (χ1) is 16.5. The highest BCUT2D eigenvalue weighted by Gasteiger charge is 2.54. The molecule has 0 spiro atoms. The number of carbonyl (C=O) groups excluding carboxylic acids is 2. The standard InChI is InChI=1S/C26H39N5O3Si/c1-25(2)21-19(22(30-29-21)28-23(32)26(14-10-15-26)35(4,5)6)17-31(25)24(33)27-20(13-16-34-3)18-11-8-7-9-12-18/h7-9,11-12,20H,10,13-17H2,1-6H3,(H,27,33)(H2,28,29,30,32)/t20-/m1/s1. The Morgan fingerprint density at radius 2 is 1.89 bits per heavy atom. The summed E-state index contributed by atoms with van der Waals surface area (Å²) in [6.45, 7) is 11.7. The molecule has 2 heterocycles. The van der Waals surface area contributed by atoms with Crippen LogP contribution in [-0.2, 0) is 21.6 Å². The molecule has 190 valence electrons. The Bertz CT molecular complexity index is 1070. The summed E-state index contributed by atoms with van der Waals surface area (Å²) in [4.78, 5) is 28.7. The van der Waals surface area contributed by atoms with Gasteiger partial charge in [0.2, 0.25) is 5.91 Å². The number of rotatable bonds is 8. The smallest absolute Gasteiger partial charge is 0.318 e. The summed E-state index contributed by atoms with van der Waals surface area (Å²) in [6.07, 6.45) is 3.67. The number of anilines is 1. The number of amides is 3. The van der Waals surface area contributed by atoms with Gasteiger partial charge in [-0.25, -0.2) is 4.79 Å². The molecule has 0 unspecified atom stereocenters. The number of aromatic nitrogens is 2. The molecule has 2 aromatic rings. The zero-order chi connectivity index (χ0) is 25.4. The van der Waals surface area contributed by atoms with Gasteiger partial charge < -0.3 is 20.3 Å². The molecule has 3 amide bonds. The fourth-order valence-corrected chi connectivity index (χ4v) is 8.09. The minimum atomic E-state index is -1.70. The molecule has 0 saturated heterocycles. The Kier molecular flexibility index (Phi) is 6.85. The first kappa shape index (κ1) is 25.4. The molecule has 1 aromatic carbocycles. The zero-order valence-electron chi connectivity index (χ0n) is 21.8. The van der Waals surface area contributed by atoms with Gasteiger partial charge in [0.05, 0.1) is 31.9 Å². The lowest BCUT2D eigenvalue weighted by atomic mass is 9.83. The van der Waals surface area contributed by atoms with Crippen LogP contribution in [0.2, 0.25) is 24.7 Å². The normalized spacial score (nSPS) is 19.0. The quantitative estimate of drug-likeness (QED) is 0.439. The van der Waals surface area contributed by atoms with Gasteiger partial charge in [-0.1, -0.05) is 56.4 Å². The van der Waals surface area contributed by atoms with Crippen molar-refractivity contribution < 1.29 is 14.3 Å². The van der Waals surface area contributed by atoms with E-state index in [2.05, 4.69) is 40.5 Å². The predicted octanol–water partition coefficient (Wildman–Crippen LogP) is 5.15. The summed E-state index contributed by atoms with van der Waals surface area (Å²) in [7, 11) is -0.0372. The third-order valence-corrected chi connectivity index (χ3v) is 11.7. The number of benzene rings is 1. The summed E-state index contributed by atoms with van der Waals surface area (Å²) < 4.78 is 5.28. The van der Waals surface area contributed by atoms with Crippen LogP contribution in [0.1, 0.15) is 62.4 Å². The van der Waals surface area contributed by atoms with E-state index in [0.29, 0.717) is 25.4 Å². The molecule has 1 aliphatic heterocycles. The highest BCUT2D eigenvalue weighted by molar-refractivity contribution is 6.83. The van der Waals surface area contributed by atoms with Crippen molar-refractivity contribution in [1.29, 1.82) is 0 Å². The number of urea groups is 1. The van der Waals surface area contributed by atoms with Crippen molar-refractivity contribution in [2.75, 3.05) is 19.0 Å². The summed E-state index contributed by atoms with van der Waals surface area (Å²) in [5, 5.41) is 13.7. The third-order valence-electron chi connectivity index (χ3n) is 8.13. The van der Waals surface area contributed by atoms with Crippen LogP contribution in [0, 0.1) is 0 Å². The molecule has 8 nitrogen and oxygen atoms in total. The summed E-state index contributed by atoms with van der Waals surface area (Å²) in [5.74, 6) is 0.638. The number of hydrogen-bond donors (Lipinski definition) is 3. The minimum absolute atomic E-state index is 0.0848. The molecule has 1 atom stereocenters. The van der Waals surface area contributed by atoms with Gasteiger partial charge in [-0.15, -0.1) is 0 Å². The fraction of sp³-hybridized carbons (Fsp3) is 0.577. The lowest BCUT2D eigenvalue weighted by Gasteiger charge is -2.48. The van der Waals surface area contributed by atoms with Gasteiger partial charge in [0.1, 0.15) is 0 Å². The molecule has 1 saturated carbocycles. The van der Waals surface area contributed by atoms with Crippen LogP contribution in [0.3, 0.4) is 0 Å². The van der Waals surface area contributed by atoms with Crippen LogP contribution < -0.4 is 10.6 Å². The maximum atomic E-state index is 13.5. The van der Waals surface area contributed by atoms with Gasteiger partial charge in [0.15, 0.2) is 5.82 Å². The number of carbonyl (C=O) groups is 2. The first-order valence-electron chi connectivity index (χ1n) is 12.5. The molecule has 0 bridgehead atoms. The summed E-state index contributed by atoms with van der Waals surface area (Å²) >= 11 is 0. The van der Waals surface area contributed by atoms with Crippen molar-refractivity contribution in [3.05, 3.63) is 47.2 Å². The van der Waals surface area contributed by atoms with E-state index in [4.69, 9.17) is 4.74 Å². The van der Waals surface area contributed by atoms with Gasteiger partial charge in [-0.2, -0.15) is 5.10 Å². The largest absolute Gasteiger partial charge is 0.385 e. The monoisotopic (exact) mass is 497 g/mol. The Hall–Kier alpha value is -2.65. The lowest BCUT2D eigenvalue weighted by molar-refractivity contribution is -0.121. The summed E-state index contributed by atoms with van der Waals surface area (Å²) in [6, 6.07) is 9.64. The van der Waals surface area contributed by atoms with E-state index in [1.165, 1.54) is 0 Å². The number of methoxy groups -OCH3 is 1. The average molecular weight is 498 g/mol. The van der Waals surface area contributed by atoms with Crippen molar-refractivity contribution in [1.82, 2.24) is 20.4 Å². The molecule has 4 rings (SSSR count). The molecule has 1 aliphatic carbocycles. The predicted molar refractivity (Wildman–Crippen MR) is 140 cm³/mol. The van der Waals surface area contributed by atoms with Gasteiger partial charge in [-0.3, -0.25) is 9.89 Å². The van der Waals surface area contributed by atoms with E-state index < -0.39 is 13.6 Å². The van der Waals surface area contributed by atoms with E-state index in [1.807, 2.05) is 49.1 Å². The average Bonchev–Trinajstić information content (AvgIpc) is 3.27. The van der Waals surface area contributed by atoms with Gasteiger partial charge in [0, 0.05) is 24.3 Å². The molecule has 35 heavy (non-hydrogen) atoms. The van der Waals surface area contributed by atoms with Crippen molar-refractivity contribution in [2.45, 2.75) is 82.3 Å². The van der Waals surface area contributed by atoms with Crippen LogP contribution in [0.25, 0.3) is 0 Å². The van der Waals surface area contributed by atoms with E-state index in [-0.39, 0.29) is 23.0 Å². The van der Waals surface area contributed by atoms with E-state index in [0.717, 1.165) is 36.1 Å². The van der Waals surface area contributed by atoms with Crippen LogP contribution in [-0.4, -0.2) is 48.8 Å². The van der Waals surface area contributed by atoms with Gasteiger partial charge >= 0.3 is 6.03 Å². The first-order valence-corrected chi connectivity index (χ1v) is 16.0. The number of fused-ring (bicyclic) bond motifs is 1. The Morgan fingerprint density at radius 3 is 2.46 bits per heavy atom. The van der Waals surface area contributed by atoms with Crippen LogP contribution in [0.5, 0.6) is 0 Å². The second-order valence-corrected chi connectivity index (χ2v) is 16.9. The van der Waals surface area contributed by atoms with E-state index in [9.17, 15) is 9.59 Å². The number of H-pyrrole nitrogens is 1. The molecule has 2 aliphatic rings. The molecular formula is C26H39N5O3Si. The number of ether oxygens (including phenoxy) is 1. The van der Waals surface area contributed by atoms with Crippen molar-refractivity contribution in [2.24, 2.45) is 0 Å². The molecule has 0 radical (unpaired) electrons. The second-order valence-electron chi connectivity index (χ2n) is 11.4. The van der Waals surface area contributed by atoms with E-state index in [1.54, 1.807) is 7.11 Å². The van der Waals surface area contributed by atoms with Crippen molar-refractivity contribution >= 4 is 25.8 Å². The van der Waals surface area contributed by atoms with Gasteiger partial charge in [0.25, 0.3) is 0 Å². The molecule has 3 N–H and O–H groups in total. The Balaban J connectivity index is 1.52. The molecular weight excluding hydrogens is 458 g/mol. The number of nitrogens with zero attached hydrogens (tertiary/aromatic N) is 2. The Morgan fingerprint density at radius 1 is 1.20 bits per heavy atom. The molecule has 9 heteroatoms. The van der Waals surface area contributed by atoms with Crippen LogP contribution >= 0.6 is 0 Å². The van der Waals surface area contributed by atoms with Crippen molar-refractivity contribution in [3.8, 4) is 0 Å². The zero-order valence-corrected chi connectivity index (χ0v) is 22.8. The minimum Gasteiger partial charge on any atom is -0.385 e. The lowest BCUT2D eigenvalue weighted by Crippen LogP contribution is -2.52. The number of nitrogens with one attached hydrogen (secondary N) is 3. The fourth-order valence-electron chi connectivity index (χ4n) is 5.49. The highest BCUT2D eigenvalue weighted by atomic mass is 28.3. The topological polar surface area (TPSA) is 99.3 Å². The number of aromatic amines is 1. The number of hydrogen-bond acceptors (Lipinski definition) is 4. The SMILES string of the molecule is COCC[C@@H](NC(=O)N1Cc2c(NC(=O)C3([Si](C)(C)C)CCC3)n[nH]c2C1(C)C)c1ccccc1. The maximum absolute atomic E-state index is 13.5.